The zero-order valence-electron chi connectivity index (χ0n) is 35.6. The lowest BCUT2D eigenvalue weighted by molar-refractivity contribution is -0.309. The highest BCUT2D eigenvalue weighted by atomic mass is 35.5. The highest BCUT2D eigenvalue weighted by Gasteiger charge is 2.31. The Morgan fingerprint density at radius 3 is 1.05 bits per heavy atom. The molecule has 0 radical (unpaired) electrons. The van der Waals surface area contributed by atoms with Gasteiger partial charge in [0, 0.05) is 33.7 Å². The topological polar surface area (TPSA) is 191 Å². The lowest BCUT2D eigenvalue weighted by Gasteiger charge is -2.06. The predicted molar refractivity (Wildman–Crippen MR) is 250 cm³/mol. The zero-order chi connectivity index (χ0) is 45.7. The summed E-state index contributed by atoms with van der Waals surface area (Å²) in [6, 6.07) is 22.3. The van der Waals surface area contributed by atoms with Gasteiger partial charge >= 0.3 is 23.9 Å². The van der Waals surface area contributed by atoms with Crippen LogP contribution in [0, 0.1) is 0 Å². The Hall–Kier alpha value is -5.74. The molecule has 0 aliphatic rings. The van der Waals surface area contributed by atoms with Crippen LogP contribution in [-0.2, 0) is 18.9 Å². The lowest BCUT2D eigenvalue weighted by atomic mass is 10.1. The van der Waals surface area contributed by atoms with E-state index < -0.39 is 23.9 Å². The fourth-order valence-corrected chi connectivity index (χ4v) is 7.64. The van der Waals surface area contributed by atoms with Crippen LogP contribution in [0.1, 0.15) is 69.1 Å². The Morgan fingerprint density at radius 2 is 0.727 bits per heavy atom. The first-order chi connectivity index (χ1) is 31.1. The Morgan fingerprint density at radius 1 is 0.455 bits per heavy atom. The third-order valence-corrected chi connectivity index (χ3v) is 10.1. The van der Waals surface area contributed by atoms with E-state index in [0.29, 0.717) is 44.1 Å². The normalized spacial score (nSPS) is 10.8. The number of carbonyl (C=O) groups is 4. The summed E-state index contributed by atoms with van der Waals surface area (Å²) in [6.07, 6.45) is 0. The SMILES string of the molecule is CCOC(=O)c1c(C(=O)OCC)c2[nH]c1c1ccc3ccc4ccc([nH+]c4c3n1)c1[nH]c(c(C(=O)OCC)c1C(=O)OCC)c1ccc3ccc4ccc2[nH+]c4c3n1.ClCCl.ClCCl.[Cl-].[Cl-]. The van der Waals surface area contributed by atoms with Crippen molar-refractivity contribution in [2.75, 3.05) is 37.1 Å². The molecule has 7 heterocycles. The van der Waals surface area contributed by atoms with Gasteiger partial charge in [-0.05, 0) is 64.1 Å². The summed E-state index contributed by atoms with van der Waals surface area (Å²) in [7, 11) is 0. The van der Waals surface area contributed by atoms with Crippen molar-refractivity contribution >= 4 is 158 Å². The van der Waals surface area contributed by atoms with Crippen molar-refractivity contribution in [1.29, 1.82) is 0 Å². The number of ether oxygens (including phenoxy) is 4. The highest BCUT2D eigenvalue weighted by Crippen LogP contribution is 2.33. The summed E-state index contributed by atoms with van der Waals surface area (Å²) in [6.45, 7) is 7.00. The molecule has 9 aromatic rings. The molecule has 12 bridgehead atoms. The van der Waals surface area contributed by atoms with Gasteiger partial charge in [-0.15, -0.1) is 46.4 Å². The third kappa shape index (κ3) is 9.71. The molecule has 0 unspecified atom stereocenters. The van der Waals surface area contributed by atoms with Gasteiger partial charge in [0.05, 0.1) is 59.2 Å². The second kappa shape index (κ2) is 22.6. The number of nitrogens with zero attached hydrogens (tertiary/aromatic N) is 2. The molecule has 0 aliphatic heterocycles. The van der Waals surface area contributed by atoms with Gasteiger partial charge in [0.2, 0.25) is 22.1 Å². The first-order valence-corrected chi connectivity index (χ1v) is 22.2. The zero-order valence-corrected chi connectivity index (χ0v) is 40.1. The van der Waals surface area contributed by atoms with Gasteiger partial charge in [0.25, 0.3) is 0 Å². The number of alkyl halides is 4. The number of aromatic amines is 4. The number of fused-ring (bicyclic) bond motifs is 12. The Bertz CT molecular complexity index is 2910. The highest BCUT2D eigenvalue weighted by molar-refractivity contribution is 6.41. The van der Waals surface area contributed by atoms with Crippen molar-refractivity contribution in [3.05, 3.63) is 95.1 Å². The number of rotatable bonds is 8. The summed E-state index contributed by atoms with van der Waals surface area (Å²) in [5, 5.41) is 3.46. The van der Waals surface area contributed by atoms with Gasteiger partial charge in [0.1, 0.15) is 44.3 Å². The van der Waals surface area contributed by atoms with Crippen molar-refractivity contribution in [3.8, 4) is 0 Å². The molecule has 0 saturated heterocycles. The summed E-state index contributed by atoms with van der Waals surface area (Å²) in [5.41, 5.74) is 4.74. The summed E-state index contributed by atoms with van der Waals surface area (Å²) < 4.78 is 22.2. The first-order valence-electron chi connectivity index (χ1n) is 20.0. The molecule has 0 saturated carbocycles. The van der Waals surface area contributed by atoms with E-state index in [1.54, 1.807) is 52.0 Å². The number of carbonyl (C=O) groups excluding carboxylic acids is 4. The van der Waals surface area contributed by atoms with Gasteiger partial charge in [-0.2, -0.15) is 0 Å². The number of pyridine rings is 4. The number of H-pyrrole nitrogens is 4. The van der Waals surface area contributed by atoms with E-state index in [0.717, 1.165) is 21.5 Å². The van der Waals surface area contributed by atoms with E-state index in [1.807, 2.05) is 48.5 Å². The minimum atomic E-state index is -0.730. The molecule has 66 heavy (non-hydrogen) atoms. The first kappa shape index (κ1) is 51.2. The number of halogens is 6. The molecule has 0 aliphatic carbocycles. The number of esters is 4. The van der Waals surface area contributed by atoms with Gasteiger partial charge < -0.3 is 53.7 Å². The van der Waals surface area contributed by atoms with Crippen LogP contribution in [0.15, 0.2) is 72.8 Å². The molecular weight excluding hydrogens is 977 g/mol. The van der Waals surface area contributed by atoms with Crippen LogP contribution >= 0.6 is 46.4 Å². The van der Waals surface area contributed by atoms with E-state index in [4.69, 9.17) is 75.3 Å². The standard InChI is InChI=1S/C44H34N6O8.2CH2Cl2.2ClH/c1-5-55-41(51)29-30(42(52)56-6-2)38-26-18-14-22-11-12-24-16-20-28(48-36(24)35(22)46-26)40-32(44(54)58-8-4)31(43(53)57-7-3)39(50-40)27-19-15-23-10-9-21-13-17-25(37(29)49-38)45-33(21)34(23)47-27;2*2-1-3;;/h9-20,49-50H,5-8H2,1-4H3;2*1H2;2*1H. The number of hydrogen-bond acceptors (Lipinski definition) is 10. The van der Waals surface area contributed by atoms with Crippen molar-refractivity contribution in [3.63, 3.8) is 0 Å². The molecule has 0 spiro atoms. The van der Waals surface area contributed by atoms with Crippen molar-refractivity contribution in [2.45, 2.75) is 27.7 Å². The predicted octanol–water partition coefficient (Wildman–Crippen LogP) is 4.11. The molecule has 0 amide bonds. The molecule has 9 rings (SSSR count). The molecule has 0 atom stereocenters. The Balaban J connectivity index is 0.000000970. The summed E-state index contributed by atoms with van der Waals surface area (Å²) in [4.78, 5) is 79.6. The molecule has 344 valence electrons. The second-order valence-electron chi connectivity index (χ2n) is 13.7. The largest absolute Gasteiger partial charge is 1.00 e. The van der Waals surface area contributed by atoms with E-state index in [9.17, 15) is 19.2 Å². The minimum Gasteiger partial charge on any atom is -1.00 e. The molecule has 7 aromatic heterocycles. The monoisotopic (exact) mass is 1010 g/mol. The number of hydrogen-bond donors (Lipinski definition) is 2. The van der Waals surface area contributed by atoms with Crippen LogP contribution in [0.4, 0.5) is 0 Å². The fourth-order valence-electron chi connectivity index (χ4n) is 7.64. The molecule has 20 heteroatoms. The number of benzene rings is 2. The fraction of sp³-hybridized carbons (Fsp3) is 0.217. The van der Waals surface area contributed by atoms with Crippen LogP contribution in [0.5, 0.6) is 0 Å². The quantitative estimate of drug-likeness (QED) is 0.0971. The molecule has 4 N–H and O–H groups in total. The third-order valence-electron chi connectivity index (χ3n) is 10.1. The van der Waals surface area contributed by atoms with Crippen LogP contribution in [0.2, 0.25) is 0 Å². The van der Waals surface area contributed by atoms with E-state index in [1.165, 1.54) is 0 Å². The van der Waals surface area contributed by atoms with Gasteiger partial charge in [0.15, 0.2) is 0 Å². The average molecular weight is 1020 g/mol. The lowest BCUT2D eigenvalue weighted by Crippen LogP contribution is -3.00. The Kier molecular flexibility index (Phi) is 17.6. The van der Waals surface area contributed by atoms with Crippen molar-refractivity contribution in [1.82, 2.24) is 19.9 Å². The maximum Gasteiger partial charge on any atom is 0.341 e. The van der Waals surface area contributed by atoms with Gasteiger partial charge in [-0.25, -0.2) is 39.1 Å². The molecular formula is C46H40Cl6N6O8. The number of nitrogens with one attached hydrogen (secondary N) is 4. The van der Waals surface area contributed by atoms with E-state index in [-0.39, 0.29) is 106 Å². The minimum absolute atomic E-state index is 0. The smallest absolute Gasteiger partial charge is 0.341 e. The van der Waals surface area contributed by atoms with Crippen LogP contribution in [0.3, 0.4) is 0 Å². The van der Waals surface area contributed by atoms with Gasteiger partial charge in [-0.3, -0.25) is 0 Å². The van der Waals surface area contributed by atoms with Crippen LogP contribution in [0.25, 0.3) is 87.7 Å². The summed E-state index contributed by atoms with van der Waals surface area (Å²) >= 11 is 19.1. The van der Waals surface area contributed by atoms with Gasteiger partial charge in [-0.1, -0.05) is 24.3 Å². The second-order valence-corrected chi connectivity index (χ2v) is 15.3. The van der Waals surface area contributed by atoms with Crippen LogP contribution in [-0.4, -0.2) is 80.9 Å². The van der Waals surface area contributed by atoms with Crippen molar-refractivity contribution < 1.29 is 72.9 Å². The maximum atomic E-state index is 13.9. The molecule has 0 fully saturated rings. The van der Waals surface area contributed by atoms with E-state index in [2.05, 4.69) is 19.9 Å². The van der Waals surface area contributed by atoms with Crippen LogP contribution < -0.4 is 34.8 Å². The van der Waals surface area contributed by atoms with Crippen molar-refractivity contribution in [2.24, 2.45) is 0 Å². The number of aromatic nitrogens is 6. The molecule has 14 nitrogen and oxygen atoms in total. The summed E-state index contributed by atoms with van der Waals surface area (Å²) in [5.74, 6) is -2.91. The maximum absolute atomic E-state index is 13.9. The average Bonchev–Trinajstić information content (AvgIpc) is 3.90. The van der Waals surface area contributed by atoms with E-state index >= 15 is 0 Å². The molecule has 2 aromatic carbocycles. The Labute approximate surface area is 408 Å².